The summed E-state index contributed by atoms with van der Waals surface area (Å²) >= 11 is 0. The van der Waals surface area contributed by atoms with Crippen LogP contribution in [0.15, 0.2) is 6.20 Å². The van der Waals surface area contributed by atoms with Crippen LogP contribution in [0.4, 0.5) is 0 Å². The van der Waals surface area contributed by atoms with Crippen molar-refractivity contribution in [2.45, 2.75) is 38.3 Å². The number of hydrogen-bond acceptors (Lipinski definition) is 4. The van der Waals surface area contributed by atoms with Crippen molar-refractivity contribution in [3.63, 3.8) is 0 Å². The lowest BCUT2D eigenvalue weighted by atomic mass is 9.90. The maximum absolute atomic E-state index is 6.49. The molecule has 0 saturated carbocycles. The number of hydrogen-bond donors (Lipinski definition) is 1. The van der Waals surface area contributed by atoms with Crippen molar-refractivity contribution in [2.75, 3.05) is 20.2 Å². The summed E-state index contributed by atoms with van der Waals surface area (Å²) in [6.45, 7) is 6.66. The molecule has 1 saturated heterocycles. The summed E-state index contributed by atoms with van der Waals surface area (Å²) in [6, 6.07) is -0.113. The van der Waals surface area contributed by atoms with Crippen LogP contribution >= 0.6 is 0 Å². The van der Waals surface area contributed by atoms with E-state index in [1.54, 1.807) is 13.3 Å². The van der Waals surface area contributed by atoms with E-state index in [0.717, 1.165) is 24.5 Å². The van der Waals surface area contributed by atoms with Crippen LogP contribution in [0.5, 0.6) is 5.75 Å². The summed E-state index contributed by atoms with van der Waals surface area (Å²) in [4.78, 5) is 2.46. The highest BCUT2D eigenvalue weighted by atomic mass is 16.5. The Hall–Kier alpha value is -1.07. The number of nitrogens with zero attached hydrogens (tertiary/aromatic N) is 3. The molecule has 0 aromatic carbocycles. The minimum atomic E-state index is -0.113. The van der Waals surface area contributed by atoms with Crippen LogP contribution in [-0.2, 0) is 7.05 Å². The first-order valence-electron chi connectivity index (χ1n) is 6.55. The second-order valence-corrected chi connectivity index (χ2v) is 5.55. The number of aryl methyl sites for hydroxylation is 1. The van der Waals surface area contributed by atoms with Gasteiger partial charge in [0.25, 0.3) is 0 Å². The van der Waals surface area contributed by atoms with Gasteiger partial charge in [-0.1, -0.05) is 0 Å². The third-order valence-electron chi connectivity index (χ3n) is 4.15. The fourth-order valence-electron chi connectivity index (χ4n) is 2.76. The van der Waals surface area contributed by atoms with E-state index in [4.69, 9.17) is 10.5 Å². The highest BCUT2D eigenvalue weighted by Crippen LogP contribution is 2.35. The first kappa shape index (κ1) is 13.4. The largest absolute Gasteiger partial charge is 0.493 e. The molecule has 2 rings (SSSR count). The second kappa shape index (κ2) is 4.90. The van der Waals surface area contributed by atoms with Gasteiger partial charge < -0.3 is 10.5 Å². The first-order valence-corrected chi connectivity index (χ1v) is 6.55. The second-order valence-electron chi connectivity index (χ2n) is 5.55. The topological polar surface area (TPSA) is 56.3 Å². The summed E-state index contributed by atoms with van der Waals surface area (Å²) in [5, 5.41) is 4.24. The molecule has 2 N–H and O–H groups in total. The highest BCUT2D eigenvalue weighted by Gasteiger charge is 2.38. The number of rotatable bonds is 4. The number of aromatic nitrogens is 2. The minimum absolute atomic E-state index is 0.0857. The Morgan fingerprint density at radius 3 is 2.56 bits per heavy atom. The van der Waals surface area contributed by atoms with Crippen molar-refractivity contribution in [1.82, 2.24) is 14.7 Å². The lowest BCUT2D eigenvalue weighted by molar-refractivity contribution is 0.119. The third-order valence-corrected chi connectivity index (χ3v) is 4.15. The maximum atomic E-state index is 6.49. The average molecular weight is 252 g/mol. The Morgan fingerprint density at radius 1 is 1.39 bits per heavy atom. The van der Waals surface area contributed by atoms with E-state index in [1.165, 1.54) is 12.8 Å². The summed E-state index contributed by atoms with van der Waals surface area (Å²) in [5.41, 5.74) is 7.37. The van der Waals surface area contributed by atoms with Crippen LogP contribution in [0, 0.1) is 0 Å². The molecule has 0 spiro atoms. The van der Waals surface area contributed by atoms with Gasteiger partial charge in [-0.25, -0.2) is 0 Å². The zero-order valence-electron chi connectivity index (χ0n) is 11.8. The van der Waals surface area contributed by atoms with E-state index in [2.05, 4.69) is 23.8 Å². The predicted molar refractivity (Wildman–Crippen MR) is 71.6 cm³/mol. The molecule has 1 unspecified atom stereocenters. The number of likely N-dealkylation sites (tertiary alicyclic amines) is 1. The molecular formula is C13H24N4O. The van der Waals surface area contributed by atoms with E-state index in [9.17, 15) is 0 Å². The lowest BCUT2D eigenvalue weighted by Crippen LogP contribution is -2.50. The fraction of sp³-hybridized carbons (Fsp3) is 0.769. The molecule has 1 aliphatic heterocycles. The molecule has 1 aromatic heterocycles. The molecule has 18 heavy (non-hydrogen) atoms. The third kappa shape index (κ3) is 2.12. The minimum Gasteiger partial charge on any atom is -0.493 e. The molecule has 1 atom stereocenters. The predicted octanol–water partition coefficient (Wildman–Crippen LogP) is 1.30. The Balaban J connectivity index is 2.28. The quantitative estimate of drug-likeness (QED) is 0.877. The van der Waals surface area contributed by atoms with Gasteiger partial charge in [0, 0.05) is 12.6 Å². The summed E-state index contributed by atoms with van der Waals surface area (Å²) in [5.74, 6) is 0.775. The van der Waals surface area contributed by atoms with Crippen molar-refractivity contribution >= 4 is 0 Å². The van der Waals surface area contributed by atoms with Gasteiger partial charge in [0.15, 0.2) is 5.75 Å². The number of ether oxygens (including phenoxy) is 1. The molecule has 1 aliphatic rings. The molecule has 0 amide bonds. The van der Waals surface area contributed by atoms with E-state index in [-0.39, 0.29) is 11.6 Å². The van der Waals surface area contributed by atoms with Crippen LogP contribution in [0.3, 0.4) is 0 Å². The van der Waals surface area contributed by atoms with Gasteiger partial charge in [-0.15, -0.1) is 0 Å². The van der Waals surface area contributed by atoms with Crippen LogP contribution in [0.1, 0.15) is 38.4 Å². The molecule has 0 bridgehead atoms. The van der Waals surface area contributed by atoms with E-state index in [0.29, 0.717) is 0 Å². The van der Waals surface area contributed by atoms with Gasteiger partial charge in [-0.05, 0) is 39.8 Å². The first-order chi connectivity index (χ1) is 8.48. The van der Waals surface area contributed by atoms with E-state index in [1.807, 2.05) is 11.7 Å². The molecule has 2 heterocycles. The van der Waals surface area contributed by atoms with Crippen molar-refractivity contribution < 1.29 is 4.74 Å². The van der Waals surface area contributed by atoms with Crippen LogP contribution < -0.4 is 10.5 Å². The Morgan fingerprint density at radius 2 is 2.00 bits per heavy atom. The molecule has 0 aliphatic carbocycles. The summed E-state index contributed by atoms with van der Waals surface area (Å²) in [6.07, 6.45) is 4.26. The van der Waals surface area contributed by atoms with Crippen molar-refractivity contribution in [3.05, 3.63) is 11.9 Å². The fourth-order valence-corrected chi connectivity index (χ4v) is 2.76. The molecule has 102 valence electrons. The Bertz CT molecular complexity index is 407. The van der Waals surface area contributed by atoms with Gasteiger partial charge in [-0.3, -0.25) is 9.58 Å². The number of nitrogens with two attached hydrogens (primary N) is 1. The summed E-state index contributed by atoms with van der Waals surface area (Å²) < 4.78 is 7.18. The molecule has 1 fully saturated rings. The van der Waals surface area contributed by atoms with Crippen LogP contribution in [0.25, 0.3) is 0 Å². The highest BCUT2D eigenvalue weighted by molar-refractivity contribution is 5.30. The van der Waals surface area contributed by atoms with Gasteiger partial charge in [0.1, 0.15) is 0 Å². The average Bonchev–Trinajstić information content (AvgIpc) is 2.96. The lowest BCUT2D eigenvalue weighted by Gasteiger charge is -2.40. The normalized spacial score (nSPS) is 19.2. The van der Waals surface area contributed by atoms with Crippen LogP contribution in [0.2, 0.25) is 0 Å². The Kier molecular flexibility index (Phi) is 3.64. The van der Waals surface area contributed by atoms with Gasteiger partial charge in [0.2, 0.25) is 0 Å². The van der Waals surface area contributed by atoms with Crippen molar-refractivity contribution in [3.8, 4) is 5.75 Å². The standard InChI is InChI=1S/C13H24N4O/c1-13(2,17-7-5-6-8-17)12(14)11-10(18-4)9-15-16(11)3/h9,12H,5-8,14H2,1-4H3. The van der Waals surface area contributed by atoms with Crippen LogP contribution in [-0.4, -0.2) is 40.4 Å². The van der Waals surface area contributed by atoms with E-state index >= 15 is 0 Å². The molecule has 5 heteroatoms. The van der Waals surface area contributed by atoms with Gasteiger partial charge in [-0.2, -0.15) is 5.10 Å². The monoisotopic (exact) mass is 252 g/mol. The zero-order valence-corrected chi connectivity index (χ0v) is 11.8. The SMILES string of the molecule is COc1cnn(C)c1C(N)C(C)(C)N1CCCC1. The zero-order chi connectivity index (χ0) is 13.3. The smallest absolute Gasteiger partial charge is 0.161 e. The Labute approximate surface area is 109 Å². The van der Waals surface area contributed by atoms with Crippen molar-refractivity contribution in [2.24, 2.45) is 12.8 Å². The summed E-state index contributed by atoms with van der Waals surface area (Å²) in [7, 11) is 3.58. The number of methoxy groups -OCH3 is 1. The van der Waals surface area contributed by atoms with Crippen molar-refractivity contribution in [1.29, 1.82) is 0 Å². The molecule has 5 nitrogen and oxygen atoms in total. The van der Waals surface area contributed by atoms with Gasteiger partial charge in [0.05, 0.1) is 25.0 Å². The van der Waals surface area contributed by atoms with Gasteiger partial charge >= 0.3 is 0 Å². The molecule has 1 aromatic rings. The maximum Gasteiger partial charge on any atom is 0.161 e. The molecule has 0 radical (unpaired) electrons. The van der Waals surface area contributed by atoms with E-state index < -0.39 is 0 Å². The molecular weight excluding hydrogens is 228 g/mol.